The van der Waals surface area contributed by atoms with Gasteiger partial charge in [-0.1, -0.05) is 18.2 Å². The summed E-state index contributed by atoms with van der Waals surface area (Å²) in [6.07, 6.45) is 1.58. The summed E-state index contributed by atoms with van der Waals surface area (Å²) in [5, 5.41) is 9.67. The summed E-state index contributed by atoms with van der Waals surface area (Å²) in [4.78, 5) is 11.8. The van der Waals surface area contributed by atoms with Crippen molar-refractivity contribution in [2.75, 3.05) is 20.8 Å². The topological polar surface area (TPSA) is 65.0 Å². The molecule has 0 aliphatic carbocycles. The summed E-state index contributed by atoms with van der Waals surface area (Å²) in [5.41, 5.74) is 2.27. The largest absolute Gasteiger partial charge is 0.494 e. The van der Waals surface area contributed by atoms with Crippen LogP contribution in [0.2, 0.25) is 0 Å². The van der Waals surface area contributed by atoms with Crippen LogP contribution in [0, 0.1) is 6.92 Å². The molecule has 0 radical (unpaired) electrons. The molecule has 5 heteroatoms. The fourth-order valence-corrected chi connectivity index (χ4v) is 2.58. The van der Waals surface area contributed by atoms with E-state index in [2.05, 4.69) is 0 Å². The number of benzene rings is 2. The number of ether oxygens (including phenoxy) is 3. The molecule has 0 atom stereocenters. The molecule has 0 aliphatic heterocycles. The first-order valence-corrected chi connectivity index (χ1v) is 7.91. The Bertz CT molecular complexity index is 793. The number of carboxylic acid groups (broad SMARTS) is 1. The minimum atomic E-state index is -1.02. The fourth-order valence-electron chi connectivity index (χ4n) is 2.58. The molecule has 2 rings (SSSR count). The predicted octanol–water partition coefficient (Wildman–Crippen LogP) is 4.04. The Morgan fingerprint density at radius 2 is 1.88 bits per heavy atom. The second-order valence-corrected chi connectivity index (χ2v) is 5.36. The van der Waals surface area contributed by atoms with Crippen molar-refractivity contribution >= 4 is 17.6 Å². The van der Waals surface area contributed by atoms with E-state index in [1.165, 1.54) is 7.11 Å². The molecule has 0 spiro atoms. The van der Waals surface area contributed by atoms with E-state index in [9.17, 15) is 9.90 Å². The highest BCUT2D eigenvalue weighted by Gasteiger charge is 2.15. The molecule has 2 aromatic carbocycles. The Morgan fingerprint density at radius 1 is 1.12 bits per heavy atom. The lowest BCUT2D eigenvalue weighted by Crippen LogP contribution is -2.02. The number of aliphatic carboxylic acids is 1. The maximum absolute atomic E-state index is 11.8. The van der Waals surface area contributed by atoms with Crippen LogP contribution in [-0.2, 0) is 4.79 Å². The highest BCUT2D eigenvalue weighted by molar-refractivity contribution is 6.21. The van der Waals surface area contributed by atoms with Crippen LogP contribution < -0.4 is 14.2 Å². The zero-order valence-electron chi connectivity index (χ0n) is 14.8. The lowest BCUT2D eigenvalue weighted by molar-refractivity contribution is -0.130. The van der Waals surface area contributed by atoms with Crippen molar-refractivity contribution < 1.29 is 24.1 Å². The zero-order valence-corrected chi connectivity index (χ0v) is 14.8. The molecule has 0 saturated heterocycles. The van der Waals surface area contributed by atoms with Crippen molar-refractivity contribution in [2.24, 2.45) is 0 Å². The van der Waals surface area contributed by atoms with E-state index >= 15 is 0 Å². The standard InChI is InChI=1S/C20H22O5/c1-5-25-17-10-9-14(11-13(17)2)16(20(21)22)12-15-7-6-8-18(23-3)19(15)24-4/h6-12H,5H2,1-4H3,(H,21,22)/b16-12-. The van der Waals surface area contributed by atoms with Gasteiger partial charge in [0.15, 0.2) is 11.5 Å². The highest BCUT2D eigenvalue weighted by Crippen LogP contribution is 2.34. The first-order valence-electron chi connectivity index (χ1n) is 7.91. The molecule has 0 aromatic heterocycles. The van der Waals surface area contributed by atoms with Crippen LogP contribution in [0.15, 0.2) is 36.4 Å². The van der Waals surface area contributed by atoms with Gasteiger partial charge in [-0.25, -0.2) is 4.79 Å². The van der Waals surface area contributed by atoms with Crippen LogP contribution in [-0.4, -0.2) is 31.9 Å². The maximum atomic E-state index is 11.8. The zero-order chi connectivity index (χ0) is 18.4. The molecule has 0 bridgehead atoms. The number of carbonyl (C=O) groups is 1. The quantitative estimate of drug-likeness (QED) is 0.608. The summed E-state index contributed by atoms with van der Waals surface area (Å²) in [5.74, 6) is 0.763. The molecule has 5 nitrogen and oxygen atoms in total. The highest BCUT2D eigenvalue weighted by atomic mass is 16.5. The third-order valence-corrected chi connectivity index (χ3v) is 3.75. The molecule has 0 fully saturated rings. The Balaban J connectivity index is 2.54. The molecule has 0 unspecified atom stereocenters. The lowest BCUT2D eigenvalue weighted by Gasteiger charge is -2.12. The third kappa shape index (κ3) is 4.12. The molecule has 0 saturated carbocycles. The van der Waals surface area contributed by atoms with Crippen LogP contribution >= 0.6 is 0 Å². The smallest absolute Gasteiger partial charge is 0.336 e. The van der Waals surface area contributed by atoms with E-state index in [0.717, 1.165) is 11.3 Å². The summed E-state index contributed by atoms with van der Waals surface area (Å²) < 4.78 is 16.2. The van der Waals surface area contributed by atoms with E-state index in [4.69, 9.17) is 14.2 Å². The maximum Gasteiger partial charge on any atom is 0.336 e. The van der Waals surface area contributed by atoms with Gasteiger partial charge in [0.25, 0.3) is 0 Å². The van der Waals surface area contributed by atoms with Crippen molar-refractivity contribution in [3.63, 3.8) is 0 Å². The van der Waals surface area contributed by atoms with Crippen LogP contribution in [0.1, 0.15) is 23.6 Å². The summed E-state index contributed by atoms with van der Waals surface area (Å²) in [6, 6.07) is 10.7. The molecule has 0 aliphatic rings. The summed E-state index contributed by atoms with van der Waals surface area (Å²) >= 11 is 0. The number of rotatable bonds is 7. The van der Waals surface area contributed by atoms with Gasteiger partial charge in [-0.15, -0.1) is 0 Å². The van der Waals surface area contributed by atoms with Crippen molar-refractivity contribution in [3.8, 4) is 17.2 Å². The molecule has 132 valence electrons. The van der Waals surface area contributed by atoms with Crippen molar-refractivity contribution in [2.45, 2.75) is 13.8 Å². The van der Waals surface area contributed by atoms with Gasteiger partial charge in [-0.05, 0) is 49.2 Å². The van der Waals surface area contributed by atoms with Crippen LogP contribution in [0.4, 0.5) is 0 Å². The first-order chi connectivity index (χ1) is 12.0. The number of aryl methyl sites for hydroxylation is 1. The van der Waals surface area contributed by atoms with Gasteiger partial charge in [0, 0.05) is 5.56 Å². The number of carboxylic acids is 1. The summed E-state index contributed by atoms with van der Waals surface area (Å²) in [7, 11) is 3.07. The lowest BCUT2D eigenvalue weighted by atomic mass is 10.00. The average Bonchev–Trinajstić information content (AvgIpc) is 2.60. The molecule has 0 heterocycles. The van der Waals surface area contributed by atoms with E-state index in [-0.39, 0.29) is 5.57 Å². The number of para-hydroxylation sites is 1. The molecular formula is C20H22O5. The Kier molecular flexibility index (Phi) is 6.06. The van der Waals surface area contributed by atoms with Crippen molar-refractivity contribution in [1.29, 1.82) is 0 Å². The minimum absolute atomic E-state index is 0.165. The van der Waals surface area contributed by atoms with E-state index in [1.54, 1.807) is 49.6 Å². The van der Waals surface area contributed by atoms with Gasteiger partial charge in [-0.3, -0.25) is 0 Å². The minimum Gasteiger partial charge on any atom is -0.494 e. The van der Waals surface area contributed by atoms with Gasteiger partial charge in [0.2, 0.25) is 0 Å². The van der Waals surface area contributed by atoms with Crippen LogP contribution in [0.3, 0.4) is 0 Å². The molecule has 1 N–H and O–H groups in total. The first kappa shape index (κ1) is 18.4. The van der Waals surface area contributed by atoms with Gasteiger partial charge < -0.3 is 19.3 Å². The third-order valence-electron chi connectivity index (χ3n) is 3.75. The Hall–Kier alpha value is -2.95. The average molecular weight is 342 g/mol. The molecule has 0 amide bonds. The van der Waals surface area contributed by atoms with Crippen molar-refractivity contribution in [1.82, 2.24) is 0 Å². The molecule has 25 heavy (non-hydrogen) atoms. The van der Waals surface area contributed by atoms with Crippen LogP contribution in [0.25, 0.3) is 11.6 Å². The van der Waals surface area contributed by atoms with Gasteiger partial charge >= 0.3 is 5.97 Å². The SMILES string of the molecule is CCOc1ccc(/C(=C/c2cccc(OC)c2OC)C(=O)O)cc1C. The van der Waals surface area contributed by atoms with E-state index in [0.29, 0.717) is 29.2 Å². The second kappa shape index (κ2) is 8.24. The normalized spacial score (nSPS) is 11.1. The molecule has 2 aromatic rings. The Labute approximate surface area is 147 Å². The van der Waals surface area contributed by atoms with E-state index in [1.807, 2.05) is 13.8 Å². The Morgan fingerprint density at radius 3 is 2.44 bits per heavy atom. The van der Waals surface area contributed by atoms with Gasteiger partial charge in [0.1, 0.15) is 5.75 Å². The number of hydrogen-bond donors (Lipinski definition) is 1. The van der Waals surface area contributed by atoms with E-state index < -0.39 is 5.97 Å². The number of hydrogen-bond acceptors (Lipinski definition) is 4. The summed E-state index contributed by atoms with van der Waals surface area (Å²) in [6.45, 7) is 4.36. The molecular weight excluding hydrogens is 320 g/mol. The van der Waals surface area contributed by atoms with Crippen LogP contribution in [0.5, 0.6) is 17.2 Å². The predicted molar refractivity (Wildman–Crippen MR) is 97.4 cm³/mol. The van der Waals surface area contributed by atoms with Gasteiger partial charge in [0.05, 0.1) is 26.4 Å². The number of methoxy groups -OCH3 is 2. The second-order valence-electron chi connectivity index (χ2n) is 5.36. The fraction of sp³-hybridized carbons (Fsp3) is 0.250. The van der Waals surface area contributed by atoms with Crippen molar-refractivity contribution in [3.05, 3.63) is 53.1 Å². The van der Waals surface area contributed by atoms with Gasteiger partial charge in [-0.2, -0.15) is 0 Å². The monoisotopic (exact) mass is 342 g/mol.